The predicted molar refractivity (Wildman–Crippen MR) is 72.1 cm³/mol. The second-order valence-corrected chi connectivity index (χ2v) is 4.12. The monoisotopic (exact) mass is 266 g/mol. The molecule has 0 saturated carbocycles. The van der Waals surface area contributed by atoms with Crippen molar-refractivity contribution in [2.24, 2.45) is 0 Å². The van der Waals surface area contributed by atoms with Crippen LogP contribution in [-0.2, 0) is 9.59 Å². The van der Waals surface area contributed by atoms with Crippen molar-refractivity contribution >= 4 is 30.2 Å². The molecular weight excluding hydrogens is 252 g/mol. The van der Waals surface area contributed by atoms with Crippen molar-refractivity contribution in [3.63, 3.8) is 0 Å². The molecule has 96 valence electrons. The van der Waals surface area contributed by atoms with Gasteiger partial charge in [-0.1, -0.05) is 30.3 Å². The minimum atomic E-state index is -0.461. The number of ketones is 1. The van der Waals surface area contributed by atoms with Gasteiger partial charge in [-0.3, -0.25) is 14.6 Å². The Kier molecular flexibility index (Phi) is 4.64. The molecule has 2 rings (SSSR count). The molecule has 1 saturated heterocycles. The Hall–Kier alpha value is -1.65. The van der Waals surface area contributed by atoms with Gasteiger partial charge in [-0.25, -0.2) is 5.01 Å². The summed E-state index contributed by atoms with van der Waals surface area (Å²) in [5, 5.41) is 3.06. The van der Waals surface area contributed by atoms with Crippen LogP contribution in [0, 0.1) is 0 Å². The lowest BCUT2D eigenvalue weighted by molar-refractivity contribution is -0.147. The van der Waals surface area contributed by atoms with E-state index in [1.165, 1.54) is 5.01 Å². The molecule has 0 aromatic heterocycles. The quantitative estimate of drug-likeness (QED) is 0.600. The minimum absolute atomic E-state index is 0. The molecule has 1 aliphatic rings. The number of carbonyl (C=O) groups is 2. The molecular formula is C13H15ClN2O2. The summed E-state index contributed by atoms with van der Waals surface area (Å²) >= 11 is 0. The highest BCUT2D eigenvalue weighted by molar-refractivity contribution is 6.45. The first-order chi connectivity index (χ1) is 8.09. The molecule has 1 aromatic rings. The zero-order valence-electron chi connectivity index (χ0n) is 10.3. The summed E-state index contributed by atoms with van der Waals surface area (Å²) < 4.78 is 0. The third kappa shape index (κ3) is 2.78. The summed E-state index contributed by atoms with van der Waals surface area (Å²) in [5.41, 5.74) is 1.47. The molecule has 1 amide bonds. The van der Waals surface area contributed by atoms with Crippen LogP contribution >= 0.6 is 12.4 Å². The van der Waals surface area contributed by atoms with Gasteiger partial charge in [0.25, 0.3) is 0 Å². The van der Waals surface area contributed by atoms with Gasteiger partial charge in [0.05, 0.1) is 6.54 Å². The highest BCUT2D eigenvalue weighted by Crippen LogP contribution is 2.17. The van der Waals surface area contributed by atoms with Crippen molar-refractivity contribution in [3.05, 3.63) is 41.5 Å². The highest BCUT2D eigenvalue weighted by atomic mass is 35.5. The van der Waals surface area contributed by atoms with E-state index in [2.05, 4.69) is 0 Å². The number of hydrogen-bond acceptors (Lipinski definition) is 3. The van der Waals surface area contributed by atoms with Crippen molar-refractivity contribution in [1.29, 1.82) is 0 Å². The summed E-state index contributed by atoms with van der Waals surface area (Å²) in [6.45, 7) is 0.347. The number of hydrogen-bond donors (Lipinski definition) is 0. The van der Waals surface area contributed by atoms with Gasteiger partial charge in [0, 0.05) is 19.7 Å². The Balaban J connectivity index is 0.00000162. The van der Waals surface area contributed by atoms with Crippen molar-refractivity contribution in [2.45, 2.75) is 0 Å². The first-order valence-electron chi connectivity index (χ1n) is 5.38. The maximum absolute atomic E-state index is 11.7. The molecule has 1 aromatic carbocycles. The summed E-state index contributed by atoms with van der Waals surface area (Å²) in [6, 6.07) is 9.52. The second kappa shape index (κ2) is 5.80. The average Bonchev–Trinajstić information content (AvgIpc) is 2.59. The molecule has 1 heterocycles. The third-order valence-corrected chi connectivity index (χ3v) is 2.66. The van der Waals surface area contributed by atoms with E-state index < -0.39 is 11.7 Å². The van der Waals surface area contributed by atoms with Gasteiger partial charge in [0.15, 0.2) is 0 Å². The number of benzene rings is 1. The molecule has 0 unspecified atom stereocenters. The number of nitrogens with zero attached hydrogens (tertiary/aromatic N) is 2. The Labute approximate surface area is 112 Å². The van der Waals surface area contributed by atoms with Gasteiger partial charge in [-0.05, 0) is 11.6 Å². The van der Waals surface area contributed by atoms with E-state index in [1.54, 1.807) is 25.2 Å². The zero-order valence-corrected chi connectivity index (χ0v) is 11.1. The van der Waals surface area contributed by atoms with E-state index >= 15 is 0 Å². The van der Waals surface area contributed by atoms with E-state index in [0.29, 0.717) is 12.1 Å². The van der Waals surface area contributed by atoms with Crippen molar-refractivity contribution in [1.82, 2.24) is 10.0 Å². The third-order valence-electron chi connectivity index (χ3n) is 2.66. The van der Waals surface area contributed by atoms with Gasteiger partial charge in [-0.2, -0.15) is 0 Å². The lowest BCUT2D eigenvalue weighted by atomic mass is 10.1. The van der Waals surface area contributed by atoms with Crippen LogP contribution in [0.5, 0.6) is 0 Å². The smallest absolute Gasteiger partial charge is 0.283 e. The van der Waals surface area contributed by atoms with E-state index in [0.717, 1.165) is 5.56 Å². The van der Waals surface area contributed by atoms with Crippen LogP contribution in [0.2, 0.25) is 0 Å². The van der Waals surface area contributed by atoms with E-state index in [-0.39, 0.29) is 12.4 Å². The van der Waals surface area contributed by atoms with Crippen LogP contribution in [0.15, 0.2) is 35.9 Å². The normalized spacial score (nSPS) is 17.5. The molecule has 1 aliphatic heterocycles. The first kappa shape index (κ1) is 14.4. The largest absolute Gasteiger partial charge is 0.309 e. The average molecular weight is 267 g/mol. The van der Waals surface area contributed by atoms with Crippen LogP contribution in [0.1, 0.15) is 5.56 Å². The molecule has 0 aliphatic carbocycles. The zero-order chi connectivity index (χ0) is 12.4. The number of Topliss-reactive ketones (excluding diaryl/α,β-unsaturated/α-hetero) is 1. The molecule has 1 fully saturated rings. The molecule has 18 heavy (non-hydrogen) atoms. The van der Waals surface area contributed by atoms with Crippen LogP contribution < -0.4 is 0 Å². The van der Waals surface area contributed by atoms with Crippen LogP contribution in [-0.4, -0.2) is 42.3 Å². The Bertz CT molecular complexity index is 483. The predicted octanol–water partition coefficient (Wildman–Crippen LogP) is 1.38. The topological polar surface area (TPSA) is 40.6 Å². The maximum atomic E-state index is 11.7. The fourth-order valence-electron chi connectivity index (χ4n) is 1.74. The summed E-state index contributed by atoms with van der Waals surface area (Å²) in [4.78, 5) is 23.4. The SMILES string of the molecule is CN(C)N1C/C(=C\c2ccccc2)C(=O)C1=O.Cl. The molecule has 4 nitrogen and oxygen atoms in total. The summed E-state index contributed by atoms with van der Waals surface area (Å²) in [6.07, 6.45) is 1.77. The van der Waals surface area contributed by atoms with E-state index in [9.17, 15) is 9.59 Å². The van der Waals surface area contributed by atoms with Crippen molar-refractivity contribution in [3.8, 4) is 0 Å². The molecule has 0 atom stereocenters. The molecule has 0 radical (unpaired) electrons. The van der Waals surface area contributed by atoms with Gasteiger partial charge in [-0.15, -0.1) is 12.4 Å². The van der Waals surface area contributed by atoms with Crippen molar-refractivity contribution in [2.75, 3.05) is 20.6 Å². The van der Waals surface area contributed by atoms with Crippen molar-refractivity contribution < 1.29 is 9.59 Å². The molecule has 0 bridgehead atoms. The highest BCUT2D eigenvalue weighted by Gasteiger charge is 2.35. The number of halogens is 1. The van der Waals surface area contributed by atoms with E-state index in [1.807, 2.05) is 30.3 Å². The number of hydrazine groups is 1. The Morgan fingerprint density at radius 2 is 1.78 bits per heavy atom. The Morgan fingerprint density at radius 1 is 1.17 bits per heavy atom. The van der Waals surface area contributed by atoms with Gasteiger partial charge in [0.2, 0.25) is 5.78 Å². The second-order valence-electron chi connectivity index (χ2n) is 4.12. The van der Waals surface area contributed by atoms with Crippen LogP contribution in [0.3, 0.4) is 0 Å². The summed E-state index contributed by atoms with van der Waals surface area (Å²) in [5.74, 6) is -0.875. The van der Waals surface area contributed by atoms with Gasteiger partial charge >= 0.3 is 5.91 Å². The summed E-state index contributed by atoms with van der Waals surface area (Å²) in [7, 11) is 3.49. The lowest BCUT2D eigenvalue weighted by Crippen LogP contribution is -2.39. The fourth-order valence-corrected chi connectivity index (χ4v) is 1.74. The standard InChI is InChI=1S/C13H14N2O2.ClH/c1-14(2)15-9-11(12(16)13(15)17)8-10-6-4-3-5-7-10;/h3-8H,9H2,1-2H3;1H/b11-8+;. The fraction of sp³-hybridized carbons (Fsp3) is 0.231. The molecule has 0 spiro atoms. The number of amides is 1. The maximum Gasteiger partial charge on any atom is 0.309 e. The Morgan fingerprint density at radius 3 is 2.28 bits per heavy atom. The molecule has 0 N–H and O–H groups in total. The number of carbonyl (C=O) groups excluding carboxylic acids is 2. The lowest BCUT2D eigenvalue weighted by Gasteiger charge is -2.21. The van der Waals surface area contributed by atoms with Gasteiger partial charge in [0.1, 0.15) is 0 Å². The first-order valence-corrected chi connectivity index (χ1v) is 5.38. The number of rotatable bonds is 2. The van der Waals surface area contributed by atoms with Crippen LogP contribution in [0.4, 0.5) is 0 Å². The molecule has 5 heteroatoms. The van der Waals surface area contributed by atoms with Gasteiger partial charge < -0.3 is 0 Å². The van der Waals surface area contributed by atoms with E-state index in [4.69, 9.17) is 0 Å². The minimum Gasteiger partial charge on any atom is -0.283 e. The van der Waals surface area contributed by atoms with Crippen LogP contribution in [0.25, 0.3) is 6.08 Å².